The summed E-state index contributed by atoms with van der Waals surface area (Å²) < 4.78 is 0. The van der Waals surface area contributed by atoms with Crippen LogP contribution in [0.2, 0.25) is 0 Å². The number of aromatic nitrogens is 1. The number of hydrogen-bond donors (Lipinski definition) is 4. The maximum absolute atomic E-state index is 12.2. The van der Waals surface area contributed by atoms with E-state index in [1.54, 1.807) is 6.92 Å². The van der Waals surface area contributed by atoms with Crippen molar-refractivity contribution in [2.45, 2.75) is 26.3 Å². The molecule has 8 heteroatoms. The van der Waals surface area contributed by atoms with Gasteiger partial charge in [-0.25, -0.2) is 14.6 Å². The van der Waals surface area contributed by atoms with Gasteiger partial charge in [-0.3, -0.25) is 4.79 Å². The number of amides is 3. The number of primary amides is 1. The van der Waals surface area contributed by atoms with Crippen molar-refractivity contribution >= 4 is 23.7 Å². The summed E-state index contributed by atoms with van der Waals surface area (Å²) in [5.74, 6) is -1.67. The van der Waals surface area contributed by atoms with E-state index in [0.717, 1.165) is 0 Å². The van der Waals surface area contributed by atoms with Gasteiger partial charge in [0.05, 0.1) is 5.56 Å². The van der Waals surface area contributed by atoms with Crippen molar-refractivity contribution < 1.29 is 19.5 Å². The highest BCUT2D eigenvalue weighted by Crippen LogP contribution is 2.12. The molecule has 1 aromatic heterocycles. The van der Waals surface area contributed by atoms with Crippen LogP contribution in [0.3, 0.4) is 0 Å². The zero-order valence-electron chi connectivity index (χ0n) is 11.8. The molecule has 3 amide bonds. The van der Waals surface area contributed by atoms with E-state index in [1.807, 2.05) is 6.92 Å². The molecule has 0 spiro atoms. The monoisotopic (exact) mass is 294 g/mol. The van der Waals surface area contributed by atoms with Crippen molar-refractivity contribution in [3.63, 3.8) is 0 Å². The van der Waals surface area contributed by atoms with Crippen LogP contribution in [0, 0.1) is 5.92 Å². The van der Waals surface area contributed by atoms with E-state index in [2.05, 4.69) is 15.6 Å². The van der Waals surface area contributed by atoms with Gasteiger partial charge >= 0.3 is 12.0 Å². The number of nitrogens with two attached hydrogens (primary N) is 1. The molecule has 0 saturated carbocycles. The number of nitrogens with zero attached hydrogens (tertiary/aromatic N) is 1. The third kappa shape index (κ3) is 4.75. The Morgan fingerprint density at radius 3 is 2.62 bits per heavy atom. The van der Waals surface area contributed by atoms with Gasteiger partial charge in [0.2, 0.25) is 5.91 Å². The fourth-order valence-corrected chi connectivity index (χ4v) is 1.69. The lowest BCUT2D eigenvalue weighted by atomic mass is 9.98. The molecule has 2 atom stereocenters. The highest BCUT2D eigenvalue weighted by Gasteiger charge is 2.25. The molecule has 0 aliphatic carbocycles. The first kappa shape index (κ1) is 16.4. The topological polar surface area (TPSA) is 134 Å². The number of aromatic carboxylic acids is 1. The minimum Gasteiger partial charge on any atom is -0.478 e. The molecule has 5 N–H and O–H groups in total. The normalized spacial score (nSPS) is 13.0. The molecule has 1 rings (SSSR count). The molecule has 21 heavy (non-hydrogen) atoms. The molecule has 0 fully saturated rings. The molecular weight excluding hydrogens is 276 g/mol. The molecule has 114 valence electrons. The number of carbonyl (C=O) groups is 3. The van der Waals surface area contributed by atoms with E-state index < -0.39 is 23.9 Å². The largest absolute Gasteiger partial charge is 0.478 e. The lowest BCUT2D eigenvalue weighted by molar-refractivity contribution is -0.119. The van der Waals surface area contributed by atoms with E-state index in [0.29, 0.717) is 6.42 Å². The Morgan fingerprint density at radius 1 is 1.43 bits per heavy atom. The molecule has 0 aromatic carbocycles. The Hall–Kier alpha value is -2.64. The minimum absolute atomic E-state index is 0.00301. The van der Waals surface area contributed by atoms with Crippen LogP contribution in [0.25, 0.3) is 0 Å². The molecule has 0 radical (unpaired) electrons. The quantitative estimate of drug-likeness (QED) is 0.615. The predicted octanol–water partition coefficient (Wildman–Crippen LogP) is 0.801. The number of rotatable bonds is 6. The van der Waals surface area contributed by atoms with Gasteiger partial charge < -0.3 is 21.5 Å². The summed E-state index contributed by atoms with van der Waals surface area (Å²) in [5.41, 5.74) is 5.06. The smallest absolute Gasteiger partial charge is 0.335 e. The summed E-state index contributed by atoms with van der Waals surface area (Å²) >= 11 is 0. The van der Waals surface area contributed by atoms with Gasteiger partial charge in [-0.05, 0) is 18.1 Å². The van der Waals surface area contributed by atoms with E-state index in [4.69, 9.17) is 10.8 Å². The van der Waals surface area contributed by atoms with Gasteiger partial charge in [0.1, 0.15) is 11.9 Å². The van der Waals surface area contributed by atoms with Crippen molar-refractivity contribution in [1.82, 2.24) is 10.3 Å². The highest BCUT2D eigenvalue weighted by molar-refractivity contribution is 5.97. The maximum atomic E-state index is 12.2. The first-order valence-electron chi connectivity index (χ1n) is 6.41. The van der Waals surface area contributed by atoms with E-state index in [1.165, 1.54) is 18.3 Å². The lowest BCUT2D eigenvalue weighted by Crippen LogP contribution is -2.49. The van der Waals surface area contributed by atoms with Crippen molar-refractivity contribution in [3.05, 3.63) is 23.9 Å². The summed E-state index contributed by atoms with van der Waals surface area (Å²) in [6.07, 6.45) is 1.93. The average molecular weight is 294 g/mol. The van der Waals surface area contributed by atoms with Crippen molar-refractivity contribution in [2.75, 3.05) is 5.32 Å². The number of pyridine rings is 1. The third-order valence-corrected chi connectivity index (χ3v) is 3.05. The van der Waals surface area contributed by atoms with Crippen molar-refractivity contribution in [3.8, 4) is 0 Å². The summed E-state index contributed by atoms with van der Waals surface area (Å²) in [4.78, 5) is 37.9. The zero-order valence-corrected chi connectivity index (χ0v) is 11.8. The predicted molar refractivity (Wildman–Crippen MR) is 75.8 cm³/mol. The van der Waals surface area contributed by atoms with Crippen LogP contribution in [-0.4, -0.2) is 34.0 Å². The van der Waals surface area contributed by atoms with Gasteiger partial charge in [0.15, 0.2) is 0 Å². The molecule has 0 saturated heterocycles. The number of nitrogens with one attached hydrogen (secondary N) is 2. The molecule has 1 aromatic rings. The van der Waals surface area contributed by atoms with Crippen LogP contribution in [0.4, 0.5) is 10.6 Å². The standard InChI is InChI=1S/C13H18N4O4/c1-3-7(2)10(17-13(14)21)11(18)16-9-6-8(12(19)20)4-5-15-9/h4-7,10H,3H2,1-2H3,(H,19,20)(H3,14,17,21)(H,15,16,18). The summed E-state index contributed by atoms with van der Waals surface area (Å²) in [7, 11) is 0. The Bertz CT molecular complexity index is 547. The lowest BCUT2D eigenvalue weighted by Gasteiger charge is -2.22. The van der Waals surface area contributed by atoms with Gasteiger partial charge in [0, 0.05) is 6.20 Å². The number of urea groups is 1. The molecule has 0 aliphatic heterocycles. The molecule has 2 unspecified atom stereocenters. The summed E-state index contributed by atoms with van der Waals surface area (Å²) in [6, 6.07) is 0.926. The Kier molecular flexibility index (Phi) is 5.65. The van der Waals surface area contributed by atoms with Crippen LogP contribution in [0.5, 0.6) is 0 Å². The number of carboxylic acid groups (broad SMARTS) is 1. The number of hydrogen-bond acceptors (Lipinski definition) is 4. The molecule has 8 nitrogen and oxygen atoms in total. The van der Waals surface area contributed by atoms with Crippen LogP contribution in [-0.2, 0) is 4.79 Å². The van der Waals surface area contributed by atoms with Gasteiger partial charge in [-0.1, -0.05) is 20.3 Å². The SMILES string of the molecule is CCC(C)C(NC(N)=O)C(=O)Nc1cc(C(=O)O)ccn1. The highest BCUT2D eigenvalue weighted by atomic mass is 16.4. The molecular formula is C13H18N4O4. The van der Waals surface area contributed by atoms with Crippen LogP contribution in [0.15, 0.2) is 18.3 Å². The van der Waals surface area contributed by atoms with Crippen molar-refractivity contribution in [2.24, 2.45) is 11.7 Å². The zero-order chi connectivity index (χ0) is 16.0. The van der Waals surface area contributed by atoms with Crippen LogP contribution in [0.1, 0.15) is 30.6 Å². The van der Waals surface area contributed by atoms with Gasteiger partial charge in [0.25, 0.3) is 0 Å². The summed E-state index contributed by atoms with van der Waals surface area (Å²) in [5, 5.41) is 13.7. The van der Waals surface area contributed by atoms with E-state index >= 15 is 0 Å². The second kappa shape index (κ2) is 7.22. The number of carbonyl (C=O) groups excluding carboxylic acids is 2. The van der Waals surface area contributed by atoms with E-state index in [9.17, 15) is 14.4 Å². The first-order valence-corrected chi connectivity index (χ1v) is 6.41. The fraction of sp³-hybridized carbons (Fsp3) is 0.385. The average Bonchev–Trinajstić information content (AvgIpc) is 2.43. The maximum Gasteiger partial charge on any atom is 0.335 e. The van der Waals surface area contributed by atoms with Crippen LogP contribution >= 0.6 is 0 Å². The minimum atomic E-state index is -1.12. The number of carboxylic acids is 1. The first-order chi connectivity index (χ1) is 9.85. The molecule has 0 aliphatic rings. The van der Waals surface area contributed by atoms with Gasteiger partial charge in [-0.2, -0.15) is 0 Å². The van der Waals surface area contributed by atoms with Gasteiger partial charge in [-0.15, -0.1) is 0 Å². The van der Waals surface area contributed by atoms with Crippen LogP contribution < -0.4 is 16.4 Å². The van der Waals surface area contributed by atoms with E-state index in [-0.39, 0.29) is 17.3 Å². The third-order valence-electron chi connectivity index (χ3n) is 3.05. The Labute approximate surface area is 121 Å². The second-order valence-corrected chi connectivity index (χ2v) is 4.60. The second-order valence-electron chi connectivity index (χ2n) is 4.60. The molecule has 1 heterocycles. The number of anilines is 1. The molecule has 0 bridgehead atoms. The Morgan fingerprint density at radius 2 is 2.10 bits per heavy atom. The summed E-state index contributed by atoms with van der Waals surface area (Å²) in [6.45, 7) is 3.66. The Balaban J connectivity index is 2.88. The van der Waals surface area contributed by atoms with Crippen molar-refractivity contribution in [1.29, 1.82) is 0 Å². The fourth-order valence-electron chi connectivity index (χ4n) is 1.69.